The van der Waals surface area contributed by atoms with Gasteiger partial charge < -0.3 is 14.5 Å². The van der Waals surface area contributed by atoms with Crippen molar-refractivity contribution in [1.82, 2.24) is 9.97 Å². The third kappa shape index (κ3) is 3.78. The molecule has 3 aromatic rings. The number of hydrogen-bond acceptors (Lipinski definition) is 6. The van der Waals surface area contributed by atoms with Gasteiger partial charge in [-0.25, -0.2) is 4.98 Å². The summed E-state index contributed by atoms with van der Waals surface area (Å²) in [6, 6.07) is 7.56. The van der Waals surface area contributed by atoms with Crippen molar-refractivity contribution in [2.75, 3.05) is 13.7 Å². The zero-order valence-electron chi connectivity index (χ0n) is 16.3. The van der Waals surface area contributed by atoms with Gasteiger partial charge in [0.1, 0.15) is 10.9 Å². The summed E-state index contributed by atoms with van der Waals surface area (Å²) in [7, 11) is 1.57. The van der Waals surface area contributed by atoms with Gasteiger partial charge in [0.25, 0.3) is 5.56 Å². The van der Waals surface area contributed by atoms with Crippen molar-refractivity contribution in [2.45, 2.75) is 27.2 Å². The van der Waals surface area contributed by atoms with Crippen LogP contribution in [0.3, 0.4) is 0 Å². The number of benzene rings is 1. The van der Waals surface area contributed by atoms with Crippen LogP contribution < -0.4 is 15.0 Å². The van der Waals surface area contributed by atoms with Crippen LogP contribution in [0.1, 0.15) is 35.2 Å². The van der Waals surface area contributed by atoms with Crippen LogP contribution in [0.4, 0.5) is 0 Å². The van der Waals surface area contributed by atoms with Crippen molar-refractivity contribution >= 4 is 33.2 Å². The van der Waals surface area contributed by atoms with Crippen molar-refractivity contribution in [3.63, 3.8) is 0 Å². The van der Waals surface area contributed by atoms with E-state index in [4.69, 9.17) is 9.47 Å². The molecule has 0 unspecified atom stereocenters. The summed E-state index contributed by atoms with van der Waals surface area (Å²) in [5, 5.41) is 10.2. The van der Waals surface area contributed by atoms with Gasteiger partial charge in [0.2, 0.25) is 0 Å². The SMILES string of the molecule is CCCOc1ccc(/C=C(\C#N)c2nc3sc(C)c(C)c3c(=O)[nH]2)cc1OC. The Labute approximate surface area is 167 Å². The lowest BCUT2D eigenvalue weighted by molar-refractivity contribution is 0.294. The molecular weight excluding hydrogens is 374 g/mol. The van der Waals surface area contributed by atoms with Crippen molar-refractivity contribution in [2.24, 2.45) is 0 Å². The van der Waals surface area contributed by atoms with Crippen LogP contribution >= 0.6 is 11.3 Å². The Hall–Kier alpha value is -3.11. The molecule has 0 spiro atoms. The molecule has 144 valence electrons. The van der Waals surface area contributed by atoms with Gasteiger partial charge in [-0.3, -0.25) is 4.79 Å². The van der Waals surface area contributed by atoms with Crippen LogP contribution in [-0.4, -0.2) is 23.7 Å². The lowest BCUT2D eigenvalue weighted by Gasteiger charge is -2.10. The summed E-state index contributed by atoms with van der Waals surface area (Å²) in [6.07, 6.45) is 2.57. The minimum Gasteiger partial charge on any atom is -0.493 e. The maximum absolute atomic E-state index is 12.5. The second-order valence-corrected chi connectivity index (χ2v) is 7.51. The predicted molar refractivity (Wildman–Crippen MR) is 112 cm³/mol. The number of aromatic amines is 1. The molecule has 2 heterocycles. The molecular formula is C21H21N3O3S. The lowest BCUT2D eigenvalue weighted by atomic mass is 10.1. The van der Waals surface area contributed by atoms with E-state index in [-0.39, 0.29) is 17.0 Å². The molecule has 0 atom stereocenters. The predicted octanol–water partition coefficient (Wildman–Crippen LogP) is 4.46. The lowest BCUT2D eigenvalue weighted by Crippen LogP contribution is -2.10. The highest BCUT2D eigenvalue weighted by Crippen LogP contribution is 2.30. The van der Waals surface area contributed by atoms with E-state index in [0.29, 0.717) is 28.3 Å². The summed E-state index contributed by atoms with van der Waals surface area (Å²) in [4.78, 5) is 21.4. The van der Waals surface area contributed by atoms with E-state index in [0.717, 1.165) is 22.4 Å². The molecule has 1 N–H and O–H groups in total. The van der Waals surface area contributed by atoms with E-state index < -0.39 is 0 Å². The largest absolute Gasteiger partial charge is 0.493 e. The normalized spacial score (nSPS) is 11.5. The van der Waals surface area contributed by atoms with E-state index in [1.807, 2.05) is 26.8 Å². The maximum Gasteiger partial charge on any atom is 0.260 e. The molecule has 3 rings (SSSR count). The first kappa shape index (κ1) is 19.6. The van der Waals surface area contributed by atoms with Crippen LogP contribution in [0.15, 0.2) is 23.0 Å². The number of aromatic nitrogens is 2. The van der Waals surface area contributed by atoms with Gasteiger partial charge >= 0.3 is 0 Å². The highest BCUT2D eigenvalue weighted by atomic mass is 32.1. The highest BCUT2D eigenvalue weighted by molar-refractivity contribution is 7.18. The van der Waals surface area contributed by atoms with Gasteiger partial charge in [0.15, 0.2) is 17.3 Å². The first-order valence-electron chi connectivity index (χ1n) is 8.91. The average Bonchev–Trinajstić information content (AvgIpc) is 2.98. The highest BCUT2D eigenvalue weighted by Gasteiger charge is 2.14. The number of H-pyrrole nitrogens is 1. The fourth-order valence-corrected chi connectivity index (χ4v) is 3.84. The maximum atomic E-state index is 12.5. The molecule has 28 heavy (non-hydrogen) atoms. The Bertz CT molecular complexity index is 1150. The van der Waals surface area contributed by atoms with Crippen LogP contribution in [0.2, 0.25) is 0 Å². The second kappa shape index (κ2) is 8.28. The van der Waals surface area contributed by atoms with Gasteiger partial charge in [0.05, 0.1) is 24.7 Å². The van der Waals surface area contributed by atoms with Gasteiger partial charge in [0, 0.05) is 4.88 Å². The minimum absolute atomic E-state index is 0.233. The molecule has 0 aliphatic rings. The van der Waals surface area contributed by atoms with E-state index in [9.17, 15) is 10.1 Å². The number of ether oxygens (including phenoxy) is 2. The Balaban J connectivity index is 2.04. The van der Waals surface area contributed by atoms with Crippen LogP contribution in [-0.2, 0) is 0 Å². The Kier molecular flexibility index (Phi) is 5.81. The van der Waals surface area contributed by atoms with Gasteiger partial charge in [-0.05, 0) is 49.6 Å². The quantitative estimate of drug-likeness (QED) is 0.623. The molecule has 0 aliphatic carbocycles. The van der Waals surface area contributed by atoms with Crippen molar-refractivity contribution < 1.29 is 9.47 Å². The molecule has 0 bridgehead atoms. The molecule has 1 aromatic carbocycles. The van der Waals surface area contributed by atoms with E-state index in [1.54, 1.807) is 25.3 Å². The number of nitrogens with one attached hydrogen (secondary N) is 1. The summed E-state index contributed by atoms with van der Waals surface area (Å²) in [5.74, 6) is 1.49. The molecule has 2 aromatic heterocycles. The summed E-state index contributed by atoms with van der Waals surface area (Å²) < 4.78 is 11.0. The Morgan fingerprint density at radius 1 is 1.36 bits per heavy atom. The minimum atomic E-state index is -0.233. The van der Waals surface area contributed by atoms with Crippen molar-refractivity contribution in [1.29, 1.82) is 5.26 Å². The fraction of sp³-hybridized carbons (Fsp3) is 0.286. The number of methoxy groups -OCH3 is 1. The van der Waals surface area contributed by atoms with Crippen LogP contribution in [0, 0.1) is 25.2 Å². The topological polar surface area (TPSA) is 88.0 Å². The number of hydrogen-bond donors (Lipinski definition) is 1. The number of thiophene rings is 1. The van der Waals surface area contributed by atoms with Crippen LogP contribution in [0.25, 0.3) is 21.9 Å². The molecule has 0 saturated carbocycles. The molecule has 0 fully saturated rings. The van der Waals surface area contributed by atoms with E-state index >= 15 is 0 Å². The smallest absolute Gasteiger partial charge is 0.260 e. The van der Waals surface area contributed by atoms with Crippen molar-refractivity contribution in [3.8, 4) is 17.6 Å². The molecule has 0 radical (unpaired) electrons. The number of aryl methyl sites for hydroxylation is 2. The standard InChI is InChI=1S/C21H21N3O3S/c1-5-8-27-16-7-6-14(10-17(16)26-4)9-15(11-22)19-23-20(25)18-12(2)13(3)28-21(18)24-19/h6-7,9-10H,5,8H2,1-4H3,(H,23,24,25)/b15-9+. The summed E-state index contributed by atoms with van der Waals surface area (Å²) in [6.45, 7) is 6.49. The van der Waals surface area contributed by atoms with Crippen molar-refractivity contribution in [3.05, 3.63) is 50.4 Å². The Morgan fingerprint density at radius 3 is 2.82 bits per heavy atom. The van der Waals surface area contributed by atoms with E-state index in [1.165, 1.54) is 11.3 Å². The zero-order valence-corrected chi connectivity index (χ0v) is 17.1. The van der Waals surface area contributed by atoms with Gasteiger partial charge in [-0.2, -0.15) is 5.26 Å². The molecule has 0 aliphatic heterocycles. The van der Waals surface area contributed by atoms with Gasteiger partial charge in [-0.15, -0.1) is 11.3 Å². The first-order chi connectivity index (χ1) is 13.5. The third-order valence-electron chi connectivity index (χ3n) is 4.38. The number of rotatable bonds is 6. The number of fused-ring (bicyclic) bond motifs is 1. The van der Waals surface area contributed by atoms with E-state index in [2.05, 4.69) is 16.0 Å². The number of allylic oxidation sites excluding steroid dienone is 1. The molecule has 0 saturated heterocycles. The molecule has 6 nitrogen and oxygen atoms in total. The Morgan fingerprint density at radius 2 is 2.14 bits per heavy atom. The molecule has 7 heteroatoms. The number of nitrogens with zero attached hydrogens (tertiary/aromatic N) is 2. The first-order valence-corrected chi connectivity index (χ1v) is 9.73. The number of nitriles is 1. The second-order valence-electron chi connectivity index (χ2n) is 6.31. The molecule has 0 amide bonds. The third-order valence-corrected chi connectivity index (χ3v) is 5.48. The monoisotopic (exact) mass is 395 g/mol. The van der Waals surface area contributed by atoms with Gasteiger partial charge in [-0.1, -0.05) is 13.0 Å². The fourth-order valence-electron chi connectivity index (χ4n) is 2.81. The zero-order chi connectivity index (χ0) is 20.3. The van der Waals surface area contributed by atoms with Crippen LogP contribution in [0.5, 0.6) is 11.5 Å². The summed E-state index contributed by atoms with van der Waals surface area (Å²) in [5.41, 5.74) is 1.71. The average molecular weight is 395 g/mol. The summed E-state index contributed by atoms with van der Waals surface area (Å²) >= 11 is 1.45.